The van der Waals surface area contributed by atoms with Gasteiger partial charge in [0, 0.05) is 6.42 Å². The lowest BCUT2D eigenvalue weighted by molar-refractivity contribution is 0.385. The molecule has 2 heterocycles. The van der Waals surface area contributed by atoms with Crippen LogP contribution >= 0.6 is 0 Å². The van der Waals surface area contributed by atoms with Gasteiger partial charge < -0.3 is 9.15 Å². The first-order valence-electron chi connectivity index (χ1n) is 6.00. The number of aryl methyl sites for hydroxylation is 1. The average Bonchev–Trinajstić information content (AvgIpc) is 2.71. The van der Waals surface area contributed by atoms with Gasteiger partial charge in [0.15, 0.2) is 5.90 Å². The fourth-order valence-corrected chi connectivity index (χ4v) is 2.12. The number of rotatable bonds is 3. The molecular formula is C13H19NO2. The SMILES string of the molecule is COC1=NC(CCc2ccoc2)CCCC1. The first-order valence-corrected chi connectivity index (χ1v) is 6.00. The molecule has 1 aliphatic rings. The lowest BCUT2D eigenvalue weighted by atomic mass is 10.0. The van der Waals surface area contributed by atoms with Gasteiger partial charge in [-0.05, 0) is 37.3 Å². The standard InChI is InChI=1S/C13H19NO2/c1-15-13-5-3-2-4-12(14-13)7-6-11-8-9-16-10-11/h8-10,12H,2-7H2,1H3. The van der Waals surface area contributed by atoms with E-state index in [2.05, 4.69) is 4.99 Å². The van der Waals surface area contributed by atoms with Crippen molar-refractivity contribution in [1.82, 2.24) is 0 Å². The van der Waals surface area contributed by atoms with Crippen LogP contribution in [0.5, 0.6) is 0 Å². The van der Waals surface area contributed by atoms with Gasteiger partial charge in [-0.2, -0.15) is 0 Å². The van der Waals surface area contributed by atoms with Gasteiger partial charge in [-0.15, -0.1) is 0 Å². The van der Waals surface area contributed by atoms with Gasteiger partial charge in [0.25, 0.3) is 0 Å². The second kappa shape index (κ2) is 5.73. The van der Waals surface area contributed by atoms with E-state index in [0.717, 1.165) is 25.2 Å². The summed E-state index contributed by atoms with van der Waals surface area (Å²) in [4.78, 5) is 4.66. The van der Waals surface area contributed by atoms with Gasteiger partial charge in [-0.3, -0.25) is 4.99 Å². The summed E-state index contributed by atoms with van der Waals surface area (Å²) < 4.78 is 10.3. The van der Waals surface area contributed by atoms with Gasteiger partial charge in [-0.1, -0.05) is 6.42 Å². The minimum absolute atomic E-state index is 0.423. The lowest BCUT2D eigenvalue weighted by Gasteiger charge is -2.10. The highest BCUT2D eigenvalue weighted by atomic mass is 16.5. The fraction of sp³-hybridized carbons (Fsp3) is 0.615. The molecule has 16 heavy (non-hydrogen) atoms. The molecule has 2 rings (SSSR count). The summed E-state index contributed by atoms with van der Waals surface area (Å²) in [6.07, 6.45) is 10.3. The van der Waals surface area contributed by atoms with E-state index in [-0.39, 0.29) is 0 Å². The van der Waals surface area contributed by atoms with Gasteiger partial charge in [-0.25, -0.2) is 0 Å². The Morgan fingerprint density at radius 1 is 1.50 bits per heavy atom. The van der Waals surface area contributed by atoms with E-state index < -0.39 is 0 Å². The van der Waals surface area contributed by atoms with Crippen LogP contribution in [0.1, 0.15) is 37.7 Å². The van der Waals surface area contributed by atoms with Crippen LogP contribution in [0.3, 0.4) is 0 Å². The van der Waals surface area contributed by atoms with Crippen molar-refractivity contribution in [3.8, 4) is 0 Å². The number of methoxy groups -OCH3 is 1. The fourth-order valence-electron chi connectivity index (χ4n) is 2.12. The van der Waals surface area contributed by atoms with Crippen molar-refractivity contribution in [2.45, 2.75) is 44.6 Å². The predicted molar refractivity (Wildman–Crippen MR) is 63.7 cm³/mol. The van der Waals surface area contributed by atoms with E-state index >= 15 is 0 Å². The second-order valence-corrected chi connectivity index (χ2v) is 4.30. The molecule has 0 radical (unpaired) electrons. The smallest absolute Gasteiger partial charge is 0.183 e. The van der Waals surface area contributed by atoms with E-state index in [4.69, 9.17) is 9.15 Å². The van der Waals surface area contributed by atoms with Gasteiger partial charge in [0.1, 0.15) is 0 Å². The molecule has 1 aromatic rings. The van der Waals surface area contributed by atoms with Crippen molar-refractivity contribution in [2.24, 2.45) is 4.99 Å². The Bertz CT molecular complexity index is 330. The first kappa shape index (κ1) is 11.2. The quantitative estimate of drug-likeness (QED) is 0.785. The van der Waals surface area contributed by atoms with Crippen molar-refractivity contribution in [3.05, 3.63) is 24.2 Å². The molecular weight excluding hydrogens is 202 g/mol. The third-order valence-corrected chi connectivity index (χ3v) is 3.09. The highest BCUT2D eigenvalue weighted by molar-refractivity contribution is 5.76. The molecule has 0 aromatic carbocycles. The maximum Gasteiger partial charge on any atom is 0.183 e. The van der Waals surface area contributed by atoms with Gasteiger partial charge in [0.05, 0.1) is 25.7 Å². The minimum Gasteiger partial charge on any atom is -0.484 e. The highest BCUT2D eigenvalue weighted by Gasteiger charge is 2.13. The van der Waals surface area contributed by atoms with Crippen molar-refractivity contribution < 1.29 is 9.15 Å². The van der Waals surface area contributed by atoms with Crippen LogP contribution in [-0.2, 0) is 11.2 Å². The monoisotopic (exact) mass is 221 g/mol. The van der Waals surface area contributed by atoms with E-state index in [9.17, 15) is 0 Å². The van der Waals surface area contributed by atoms with Crippen LogP contribution in [0.25, 0.3) is 0 Å². The van der Waals surface area contributed by atoms with E-state index in [0.29, 0.717) is 6.04 Å². The van der Waals surface area contributed by atoms with Crippen LogP contribution in [0.15, 0.2) is 28.0 Å². The minimum atomic E-state index is 0.423. The molecule has 1 aliphatic heterocycles. The molecule has 0 N–H and O–H groups in total. The molecule has 1 unspecified atom stereocenters. The maximum atomic E-state index is 5.27. The van der Waals surface area contributed by atoms with Crippen LogP contribution in [0.4, 0.5) is 0 Å². The maximum absolute atomic E-state index is 5.27. The number of hydrogen-bond acceptors (Lipinski definition) is 3. The molecule has 0 fully saturated rings. The largest absolute Gasteiger partial charge is 0.484 e. The summed E-state index contributed by atoms with van der Waals surface area (Å²) in [5.74, 6) is 0.926. The summed E-state index contributed by atoms with van der Waals surface area (Å²) in [5, 5.41) is 0. The molecule has 0 bridgehead atoms. The zero-order valence-corrected chi connectivity index (χ0v) is 9.82. The third-order valence-electron chi connectivity index (χ3n) is 3.09. The summed E-state index contributed by atoms with van der Waals surface area (Å²) in [5.41, 5.74) is 1.26. The highest BCUT2D eigenvalue weighted by Crippen LogP contribution is 2.18. The lowest BCUT2D eigenvalue weighted by Crippen LogP contribution is -2.08. The van der Waals surface area contributed by atoms with Crippen molar-refractivity contribution >= 4 is 5.90 Å². The van der Waals surface area contributed by atoms with Gasteiger partial charge in [0.2, 0.25) is 0 Å². The number of hydrogen-bond donors (Lipinski definition) is 0. The Kier molecular flexibility index (Phi) is 4.03. The Morgan fingerprint density at radius 2 is 2.44 bits per heavy atom. The molecule has 1 atom stereocenters. The van der Waals surface area contributed by atoms with Crippen molar-refractivity contribution in [3.63, 3.8) is 0 Å². The summed E-state index contributed by atoms with van der Waals surface area (Å²) in [7, 11) is 1.72. The molecule has 3 nitrogen and oxygen atoms in total. The zero-order chi connectivity index (χ0) is 11.2. The normalized spacial score (nSPS) is 21.3. The third kappa shape index (κ3) is 3.12. The topological polar surface area (TPSA) is 34.7 Å². The molecule has 0 aliphatic carbocycles. The molecule has 1 aromatic heterocycles. The summed E-state index contributed by atoms with van der Waals surface area (Å²) in [6, 6.07) is 2.45. The van der Waals surface area contributed by atoms with Crippen LogP contribution in [0, 0.1) is 0 Å². The Balaban J connectivity index is 1.87. The second-order valence-electron chi connectivity index (χ2n) is 4.30. The number of nitrogens with zero attached hydrogens (tertiary/aromatic N) is 1. The zero-order valence-electron chi connectivity index (χ0n) is 9.82. The Morgan fingerprint density at radius 3 is 3.19 bits per heavy atom. The molecule has 3 heteroatoms. The molecule has 0 saturated heterocycles. The summed E-state index contributed by atoms with van der Waals surface area (Å²) in [6.45, 7) is 0. The number of ether oxygens (including phenoxy) is 1. The number of aliphatic imine (C=N–C) groups is 1. The Labute approximate surface area is 96.5 Å². The number of furan rings is 1. The summed E-state index contributed by atoms with van der Waals surface area (Å²) >= 11 is 0. The van der Waals surface area contributed by atoms with Crippen LogP contribution < -0.4 is 0 Å². The predicted octanol–water partition coefficient (Wildman–Crippen LogP) is 3.20. The van der Waals surface area contributed by atoms with Crippen LogP contribution in [-0.4, -0.2) is 19.0 Å². The molecule has 0 amide bonds. The van der Waals surface area contributed by atoms with Crippen molar-refractivity contribution in [1.29, 1.82) is 0 Å². The molecule has 88 valence electrons. The van der Waals surface area contributed by atoms with Crippen LogP contribution in [0.2, 0.25) is 0 Å². The average molecular weight is 221 g/mol. The van der Waals surface area contributed by atoms with Gasteiger partial charge >= 0.3 is 0 Å². The van der Waals surface area contributed by atoms with E-state index in [1.54, 1.807) is 13.4 Å². The Hall–Kier alpha value is -1.25. The molecule has 0 spiro atoms. The van der Waals surface area contributed by atoms with Crippen molar-refractivity contribution in [2.75, 3.05) is 7.11 Å². The van der Waals surface area contributed by atoms with E-state index in [1.807, 2.05) is 12.3 Å². The molecule has 0 saturated carbocycles. The van der Waals surface area contributed by atoms with E-state index in [1.165, 1.54) is 24.8 Å². The first-order chi connectivity index (χ1) is 7.88.